The van der Waals surface area contributed by atoms with Crippen LogP contribution < -0.4 is 0 Å². The number of likely N-dealkylation sites (tertiary alicyclic amines) is 1. The standard InChI is InChI=1S/C23H33N3OS2/c1-17(2)16-26-20-10-5-4-9-19(20)24-23(26)21-11-7-14-25(21)22(27)12-6-3-8-18-13-15-28-29-18/h4-5,9-10,17-18,21H,3,6-8,11-16H2,1-2H3. The topological polar surface area (TPSA) is 38.1 Å². The van der Waals surface area contributed by atoms with E-state index < -0.39 is 0 Å². The fourth-order valence-electron chi connectivity index (χ4n) is 4.60. The van der Waals surface area contributed by atoms with Crippen LogP contribution in [0.15, 0.2) is 24.3 Å². The van der Waals surface area contributed by atoms with E-state index in [-0.39, 0.29) is 6.04 Å². The Balaban J connectivity index is 1.44. The van der Waals surface area contributed by atoms with Crippen LogP contribution in [0.3, 0.4) is 0 Å². The molecule has 0 aliphatic carbocycles. The number of amides is 1. The summed E-state index contributed by atoms with van der Waals surface area (Å²) in [7, 11) is 4.05. The minimum absolute atomic E-state index is 0.135. The maximum Gasteiger partial charge on any atom is 0.223 e. The third kappa shape index (κ3) is 4.96. The number of carbonyl (C=O) groups is 1. The number of carbonyl (C=O) groups excluding carboxylic acids is 1. The van der Waals surface area contributed by atoms with Crippen molar-refractivity contribution in [3.63, 3.8) is 0 Å². The van der Waals surface area contributed by atoms with Crippen molar-refractivity contribution in [2.45, 2.75) is 76.6 Å². The zero-order valence-electron chi connectivity index (χ0n) is 17.7. The second-order valence-corrected chi connectivity index (χ2v) is 11.6. The molecule has 1 amide bonds. The summed E-state index contributed by atoms with van der Waals surface area (Å²) in [5, 5.41) is 0.811. The van der Waals surface area contributed by atoms with Gasteiger partial charge in [0.25, 0.3) is 0 Å². The highest BCUT2D eigenvalue weighted by Gasteiger charge is 2.33. The summed E-state index contributed by atoms with van der Waals surface area (Å²) in [5.41, 5.74) is 2.25. The van der Waals surface area contributed by atoms with Crippen molar-refractivity contribution in [1.82, 2.24) is 14.5 Å². The summed E-state index contributed by atoms with van der Waals surface area (Å²) in [6, 6.07) is 8.53. The van der Waals surface area contributed by atoms with Crippen LogP contribution >= 0.6 is 21.6 Å². The number of hydrogen-bond acceptors (Lipinski definition) is 4. The van der Waals surface area contributed by atoms with Crippen LogP contribution in [0.5, 0.6) is 0 Å². The minimum atomic E-state index is 0.135. The lowest BCUT2D eigenvalue weighted by molar-refractivity contribution is -0.132. The molecule has 2 aliphatic rings. The first-order valence-electron chi connectivity index (χ1n) is 11.2. The van der Waals surface area contributed by atoms with E-state index in [4.69, 9.17) is 4.98 Å². The number of unbranched alkanes of at least 4 members (excludes halogenated alkanes) is 1. The van der Waals surface area contributed by atoms with Gasteiger partial charge in [-0.05, 0) is 50.2 Å². The van der Waals surface area contributed by atoms with E-state index in [2.05, 4.69) is 47.6 Å². The van der Waals surface area contributed by atoms with Gasteiger partial charge in [-0.25, -0.2) is 4.98 Å². The lowest BCUT2D eigenvalue weighted by Gasteiger charge is -2.26. The lowest BCUT2D eigenvalue weighted by atomic mass is 10.1. The van der Waals surface area contributed by atoms with Crippen LogP contribution in [0, 0.1) is 5.92 Å². The fourth-order valence-corrected chi connectivity index (χ4v) is 7.62. The molecular weight excluding hydrogens is 398 g/mol. The second kappa shape index (κ2) is 9.78. The molecule has 2 atom stereocenters. The molecule has 2 saturated heterocycles. The highest BCUT2D eigenvalue weighted by Crippen LogP contribution is 2.40. The quantitative estimate of drug-likeness (QED) is 0.375. The molecule has 2 fully saturated rings. The van der Waals surface area contributed by atoms with Gasteiger partial charge in [0.15, 0.2) is 0 Å². The number of fused-ring (bicyclic) bond motifs is 1. The van der Waals surface area contributed by atoms with Gasteiger partial charge >= 0.3 is 0 Å². The monoisotopic (exact) mass is 431 g/mol. The first-order valence-corrected chi connectivity index (χ1v) is 13.5. The van der Waals surface area contributed by atoms with Crippen molar-refractivity contribution in [3.05, 3.63) is 30.1 Å². The molecular formula is C23H33N3OS2. The molecule has 0 spiro atoms. The molecule has 0 saturated carbocycles. The van der Waals surface area contributed by atoms with Gasteiger partial charge in [0, 0.05) is 30.5 Å². The Hall–Kier alpha value is -1.14. The molecule has 3 heterocycles. The lowest BCUT2D eigenvalue weighted by Crippen LogP contribution is -2.32. The van der Waals surface area contributed by atoms with Crippen LogP contribution in [-0.4, -0.2) is 37.9 Å². The summed E-state index contributed by atoms with van der Waals surface area (Å²) in [4.78, 5) is 20.2. The van der Waals surface area contributed by atoms with Crippen molar-refractivity contribution < 1.29 is 4.79 Å². The zero-order valence-corrected chi connectivity index (χ0v) is 19.3. The Bertz CT molecular complexity index is 829. The highest BCUT2D eigenvalue weighted by molar-refractivity contribution is 8.77. The summed E-state index contributed by atoms with van der Waals surface area (Å²) >= 11 is 0. The average molecular weight is 432 g/mol. The molecule has 29 heavy (non-hydrogen) atoms. The van der Waals surface area contributed by atoms with E-state index in [0.717, 1.165) is 48.9 Å². The van der Waals surface area contributed by atoms with Crippen molar-refractivity contribution in [2.24, 2.45) is 5.92 Å². The SMILES string of the molecule is CC(C)Cn1c(C2CCCN2C(=O)CCCCC2CCSS2)nc2ccccc21. The van der Waals surface area contributed by atoms with Crippen molar-refractivity contribution in [1.29, 1.82) is 0 Å². The molecule has 0 N–H and O–H groups in total. The molecule has 2 aliphatic heterocycles. The molecule has 158 valence electrons. The highest BCUT2D eigenvalue weighted by atomic mass is 33.1. The van der Waals surface area contributed by atoms with E-state index in [0.29, 0.717) is 18.2 Å². The van der Waals surface area contributed by atoms with Gasteiger partial charge in [-0.2, -0.15) is 0 Å². The molecule has 1 aromatic carbocycles. The van der Waals surface area contributed by atoms with Gasteiger partial charge in [-0.3, -0.25) is 4.79 Å². The summed E-state index contributed by atoms with van der Waals surface area (Å²) in [6.45, 7) is 6.32. The van der Waals surface area contributed by atoms with Crippen LogP contribution in [0.1, 0.15) is 70.7 Å². The summed E-state index contributed by atoms with van der Waals surface area (Å²) in [5.74, 6) is 3.25. The second-order valence-electron chi connectivity index (χ2n) is 8.78. The van der Waals surface area contributed by atoms with Gasteiger partial charge in [-0.1, -0.05) is 54.0 Å². The maximum atomic E-state index is 13.1. The largest absolute Gasteiger partial charge is 0.333 e. The number of benzene rings is 1. The van der Waals surface area contributed by atoms with Gasteiger partial charge in [0.05, 0.1) is 17.1 Å². The Morgan fingerprint density at radius 2 is 2.10 bits per heavy atom. The third-order valence-corrected chi connectivity index (χ3v) is 9.00. The first-order chi connectivity index (χ1) is 14.1. The molecule has 4 rings (SSSR count). The van der Waals surface area contributed by atoms with E-state index >= 15 is 0 Å². The Morgan fingerprint density at radius 1 is 1.24 bits per heavy atom. The minimum Gasteiger partial charge on any atom is -0.333 e. The predicted octanol–water partition coefficient (Wildman–Crippen LogP) is 6.07. The third-order valence-electron chi connectivity index (χ3n) is 6.00. The Kier molecular flexibility index (Phi) is 7.12. The molecule has 2 aromatic rings. The van der Waals surface area contributed by atoms with Crippen molar-refractivity contribution in [2.75, 3.05) is 12.3 Å². The molecule has 2 unspecified atom stereocenters. The van der Waals surface area contributed by atoms with Gasteiger partial charge in [-0.15, -0.1) is 0 Å². The smallest absolute Gasteiger partial charge is 0.223 e. The Labute approximate surface area is 182 Å². The maximum absolute atomic E-state index is 13.1. The van der Waals surface area contributed by atoms with Crippen LogP contribution in [-0.2, 0) is 11.3 Å². The van der Waals surface area contributed by atoms with Crippen molar-refractivity contribution in [3.8, 4) is 0 Å². The molecule has 6 heteroatoms. The van der Waals surface area contributed by atoms with E-state index in [1.54, 1.807) is 0 Å². The molecule has 0 radical (unpaired) electrons. The molecule has 4 nitrogen and oxygen atoms in total. The Morgan fingerprint density at radius 3 is 2.90 bits per heavy atom. The number of imidazole rings is 1. The molecule has 1 aromatic heterocycles. The number of rotatable bonds is 8. The van der Waals surface area contributed by atoms with Crippen LogP contribution in [0.4, 0.5) is 0 Å². The number of aromatic nitrogens is 2. The summed E-state index contributed by atoms with van der Waals surface area (Å²) in [6.07, 6.45) is 7.59. The van der Waals surface area contributed by atoms with Crippen molar-refractivity contribution >= 4 is 38.5 Å². The number of para-hydroxylation sites is 2. The van der Waals surface area contributed by atoms with E-state index in [9.17, 15) is 4.79 Å². The number of hydrogen-bond donors (Lipinski definition) is 0. The normalized spacial score (nSPS) is 22.2. The van der Waals surface area contributed by atoms with Crippen LogP contribution in [0.25, 0.3) is 11.0 Å². The van der Waals surface area contributed by atoms with Gasteiger partial charge in [0.2, 0.25) is 5.91 Å². The van der Waals surface area contributed by atoms with Gasteiger partial charge < -0.3 is 9.47 Å². The zero-order chi connectivity index (χ0) is 20.2. The average Bonchev–Trinajstić information content (AvgIpc) is 3.45. The summed E-state index contributed by atoms with van der Waals surface area (Å²) < 4.78 is 2.37. The number of nitrogens with zero attached hydrogens (tertiary/aromatic N) is 3. The molecule has 0 bridgehead atoms. The predicted molar refractivity (Wildman–Crippen MR) is 125 cm³/mol. The first kappa shape index (κ1) is 21.1. The van der Waals surface area contributed by atoms with Gasteiger partial charge in [0.1, 0.15) is 5.82 Å². The van der Waals surface area contributed by atoms with E-state index in [1.807, 2.05) is 21.6 Å². The van der Waals surface area contributed by atoms with Crippen LogP contribution in [0.2, 0.25) is 0 Å². The van der Waals surface area contributed by atoms with E-state index in [1.165, 1.54) is 30.5 Å². The fraction of sp³-hybridized carbons (Fsp3) is 0.652.